The lowest BCUT2D eigenvalue weighted by Gasteiger charge is -2.25. The zero-order valence-electron chi connectivity index (χ0n) is 15.0. The summed E-state index contributed by atoms with van der Waals surface area (Å²) in [7, 11) is 1.60. The lowest BCUT2D eigenvalue weighted by atomic mass is 9.81. The monoisotopic (exact) mass is 351 g/mol. The molecule has 0 aliphatic heterocycles. The minimum absolute atomic E-state index is 0.179. The Hall–Kier alpha value is -3.15. The molecule has 0 atom stereocenters. The number of hydrogen-bond acceptors (Lipinski definition) is 5. The van der Waals surface area contributed by atoms with E-state index in [0.29, 0.717) is 29.3 Å². The molecule has 0 fully saturated rings. The van der Waals surface area contributed by atoms with Gasteiger partial charge in [0, 0.05) is 30.4 Å². The van der Waals surface area contributed by atoms with Gasteiger partial charge in [0.05, 0.1) is 22.4 Å². The largest absolute Gasteiger partial charge is 0.387 e. The fourth-order valence-electron chi connectivity index (χ4n) is 3.20. The molecule has 0 unspecified atom stereocenters. The van der Waals surface area contributed by atoms with Gasteiger partial charge in [-0.25, -0.2) is 0 Å². The number of ketones is 2. The Labute approximate surface area is 151 Å². The highest BCUT2D eigenvalue weighted by Gasteiger charge is 2.35. The second-order valence-electron chi connectivity index (χ2n) is 6.69. The molecule has 6 nitrogen and oxygen atoms in total. The molecule has 26 heavy (non-hydrogen) atoms. The third kappa shape index (κ3) is 2.73. The third-order valence-electron chi connectivity index (χ3n) is 4.41. The third-order valence-corrected chi connectivity index (χ3v) is 4.41. The SMILES string of the molecule is CNc1c(C(N)=O)cc(NCC(C)C)c2c1C(=O)c1ccccc1C2=O. The van der Waals surface area contributed by atoms with Gasteiger partial charge >= 0.3 is 0 Å². The summed E-state index contributed by atoms with van der Waals surface area (Å²) in [4.78, 5) is 38.2. The molecule has 0 spiro atoms. The van der Waals surface area contributed by atoms with E-state index in [1.54, 1.807) is 37.4 Å². The van der Waals surface area contributed by atoms with Crippen LogP contribution in [0.1, 0.15) is 56.0 Å². The second-order valence-corrected chi connectivity index (χ2v) is 6.69. The van der Waals surface area contributed by atoms with E-state index in [2.05, 4.69) is 10.6 Å². The summed E-state index contributed by atoms with van der Waals surface area (Å²) in [5, 5.41) is 6.07. The lowest BCUT2D eigenvalue weighted by Crippen LogP contribution is -2.27. The number of fused-ring (bicyclic) bond motifs is 2. The van der Waals surface area contributed by atoms with Crippen LogP contribution in [0.3, 0.4) is 0 Å². The Bertz CT molecular complexity index is 932. The van der Waals surface area contributed by atoms with E-state index in [0.717, 1.165) is 0 Å². The van der Waals surface area contributed by atoms with Crippen LogP contribution in [0.25, 0.3) is 0 Å². The number of benzene rings is 2. The van der Waals surface area contributed by atoms with Gasteiger partial charge in [0.1, 0.15) is 0 Å². The maximum atomic E-state index is 13.1. The van der Waals surface area contributed by atoms with E-state index in [9.17, 15) is 14.4 Å². The van der Waals surface area contributed by atoms with Crippen molar-refractivity contribution in [2.75, 3.05) is 24.2 Å². The number of carbonyl (C=O) groups excluding carboxylic acids is 3. The predicted molar refractivity (Wildman–Crippen MR) is 101 cm³/mol. The van der Waals surface area contributed by atoms with Crippen molar-refractivity contribution in [1.82, 2.24) is 0 Å². The summed E-state index contributed by atoms with van der Waals surface area (Å²) in [5.41, 5.74) is 7.61. The van der Waals surface area contributed by atoms with E-state index in [-0.39, 0.29) is 33.9 Å². The van der Waals surface area contributed by atoms with Gasteiger partial charge in [-0.15, -0.1) is 0 Å². The molecule has 1 amide bonds. The van der Waals surface area contributed by atoms with Gasteiger partial charge in [-0.05, 0) is 12.0 Å². The van der Waals surface area contributed by atoms with E-state index < -0.39 is 5.91 Å². The van der Waals surface area contributed by atoms with Gasteiger partial charge < -0.3 is 16.4 Å². The Kier molecular flexibility index (Phi) is 4.50. The molecule has 0 bridgehead atoms. The van der Waals surface area contributed by atoms with Gasteiger partial charge in [-0.1, -0.05) is 38.1 Å². The predicted octanol–water partition coefficient (Wildman–Crippen LogP) is 2.67. The number of nitrogens with one attached hydrogen (secondary N) is 2. The summed E-state index contributed by atoms with van der Waals surface area (Å²) < 4.78 is 0. The molecule has 2 aromatic rings. The summed E-state index contributed by atoms with van der Waals surface area (Å²) in [6.45, 7) is 4.64. The molecular formula is C20H21N3O3. The fraction of sp³-hybridized carbons (Fsp3) is 0.250. The van der Waals surface area contributed by atoms with Crippen LogP contribution in [-0.2, 0) is 0 Å². The van der Waals surface area contributed by atoms with Crippen molar-refractivity contribution in [3.8, 4) is 0 Å². The molecule has 0 radical (unpaired) electrons. The molecular weight excluding hydrogens is 330 g/mol. The van der Waals surface area contributed by atoms with Crippen molar-refractivity contribution >= 4 is 28.8 Å². The maximum absolute atomic E-state index is 13.1. The molecule has 0 heterocycles. The van der Waals surface area contributed by atoms with E-state index in [1.807, 2.05) is 13.8 Å². The standard InChI is InChI=1S/C20H21N3O3/c1-10(2)9-23-14-8-13(20(21)26)17(22-3)16-15(14)18(24)11-6-4-5-7-12(11)19(16)25/h4-8,10,22-23H,9H2,1-3H3,(H2,21,26). The quantitative estimate of drug-likeness (QED) is 0.656. The van der Waals surface area contributed by atoms with Gasteiger partial charge in [0.15, 0.2) is 11.6 Å². The first-order valence-corrected chi connectivity index (χ1v) is 8.47. The lowest BCUT2D eigenvalue weighted by molar-refractivity contribution is 0.0978. The summed E-state index contributed by atoms with van der Waals surface area (Å²) >= 11 is 0. The van der Waals surface area contributed by atoms with Crippen molar-refractivity contribution in [3.05, 3.63) is 58.1 Å². The smallest absolute Gasteiger partial charge is 0.250 e. The molecule has 3 rings (SSSR count). The molecule has 0 saturated heterocycles. The van der Waals surface area contributed by atoms with Gasteiger partial charge in [-0.3, -0.25) is 14.4 Å². The maximum Gasteiger partial charge on any atom is 0.250 e. The Balaban J connectivity index is 2.33. The van der Waals surface area contributed by atoms with Crippen LogP contribution in [0.2, 0.25) is 0 Å². The fourth-order valence-corrected chi connectivity index (χ4v) is 3.20. The second kappa shape index (κ2) is 6.63. The van der Waals surface area contributed by atoms with Gasteiger partial charge in [0.2, 0.25) is 0 Å². The minimum Gasteiger partial charge on any atom is -0.387 e. The highest BCUT2D eigenvalue weighted by atomic mass is 16.1. The van der Waals surface area contributed by atoms with Crippen LogP contribution in [0.15, 0.2) is 30.3 Å². The molecule has 0 saturated carbocycles. The summed E-state index contributed by atoms with van der Waals surface area (Å²) in [5.74, 6) is -0.888. The van der Waals surface area contributed by atoms with Crippen molar-refractivity contribution in [1.29, 1.82) is 0 Å². The number of hydrogen-bond donors (Lipinski definition) is 3. The summed E-state index contributed by atoms with van der Waals surface area (Å²) in [6.07, 6.45) is 0. The molecule has 2 aromatic carbocycles. The Morgan fingerprint density at radius 1 is 1.08 bits per heavy atom. The average Bonchev–Trinajstić information content (AvgIpc) is 2.62. The Morgan fingerprint density at radius 2 is 1.65 bits per heavy atom. The molecule has 1 aliphatic rings. The molecule has 4 N–H and O–H groups in total. The number of rotatable bonds is 5. The van der Waals surface area contributed by atoms with Crippen LogP contribution in [0, 0.1) is 5.92 Å². The van der Waals surface area contributed by atoms with E-state index in [1.165, 1.54) is 0 Å². The molecule has 0 aromatic heterocycles. The van der Waals surface area contributed by atoms with E-state index >= 15 is 0 Å². The van der Waals surface area contributed by atoms with Crippen molar-refractivity contribution in [2.45, 2.75) is 13.8 Å². The van der Waals surface area contributed by atoms with Crippen LogP contribution in [0.4, 0.5) is 11.4 Å². The van der Waals surface area contributed by atoms with Crippen LogP contribution >= 0.6 is 0 Å². The molecule has 134 valence electrons. The number of anilines is 2. The highest BCUT2D eigenvalue weighted by Crippen LogP contribution is 2.38. The zero-order chi connectivity index (χ0) is 19.0. The van der Waals surface area contributed by atoms with Crippen LogP contribution in [0.5, 0.6) is 0 Å². The number of primary amides is 1. The highest BCUT2D eigenvalue weighted by molar-refractivity contribution is 6.33. The van der Waals surface area contributed by atoms with Crippen molar-refractivity contribution < 1.29 is 14.4 Å². The number of amides is 1. The number of carbonyl (C=O) groups is 3. The zero-order valence-corrected chi connectivity index (χ0v) is 15.0. The minimum atomic E-state index is -0.663. The normalized spacial score (nSPS) is 12.6. The first-order valence-electron chi connectivity index (χ1n) is 8.47. The number of nitrogens with two attached hydrogens (primary N) is 1. The van der Waals surface area contributed by atoms with Crippen molar-refractivity contribution in [3.63, 3.8) is 0 Å². The molecule has 1 aliphatic carbocycles. The van der Waals surface area contributed by atoms with Crippen LogP contribution < -0.4 is 16.4 Å². The van der Waals surface area contributed by atoms with Gasteiger partial charge in [0.25, 0.3) is 5.91 Å². The summed E-state index contributed by atoms with van der Waals surface area (Å²) in [6, 6.07) is 8.26. The first-order chi connectivity index (χ1) is 12.4. The van der Waals surface area contributed by atoms with Gasteiger partial charge in [-0.2, -0.15) is 0 Å². The van der Waals surface area contributed by atoms with Crippen molar-refractivity contribution in [2.24, 2.45) is 11.7 Å². The topological polar surface area (TPSA) is 101 Å². The Morgan fingerprint density at radius 3 is 2.15 bits per heavy atom. The molecule has 6 heteroatoms. The first kappa shape index (κ1) is 17.7. The van der Waals surface area contributed by atoms with E-state index in [4.69, 9.17) is 5.73 Å². The van der Waals surface area contributed by atoms with Crippen LogP contribution in [-0.4, -0.2) is 31.1 Å². The average molecular weight is 351 g/mol.